The van der Waals surface area contributed by atoms with Gasteiger partial charge in [-0.25, -0.2) is 0 Å². The van der Waals surface area contributed by atoms with E-state index >= 15 is 0 Å². The van der Waals surface area contributed by atoms with Crippen LogP contribution >= 0.6 is 0 Å². The largest absolute Gasteiger partial charge is 0.378 e. The molecule has 0 aliphatic rings. The Balaban J connectivity index is 2.90. The molecule has 0 amide bonds. The van der Waals surface area contributed by atoms with E-state index in [1.165, 1.54) is 0 Å². The van der Waals surface area contributed by atoms with Crippen LogP contribution < -0.4 is 16.4 Å². The van der Waals surface area contributed by atoms with Crippen molar-refractivity contribution in [2.75, 3.05) is 19.0 Å². The van der Waals surface area contributed by atoms with E-state index in [0.717, 1.165) is 17.0 Å². The molecule has 1 rings (SSSR count). The Kier molecular flexibility index (Phi) is 3.88. The van der Waals surface area contributed by atoms with E-state index in [1.807, 2.05) is 50.2 Å². The highest BCUT2D eigenvalue weighted by atomic mass is 15.3. The van der Waals surface area contributed by atoms with Crippen LogP contribution in [0.15, 0.2) is 34.5 Å². The van der Waals surface area contributed by atoms with Crippen LogP contribution in [0.4, 0.5) is 5.69 Å². The van der Waals surface area contributed by atoms with Gasteiger partial charge in [-0.2, -0.15) is 5.10 Å². The minimum absolute atomic E-state index is 0.0377. The molecule has 0 radical (unpaired) electrons. The van der Waals surface area contributed by atoms with Crippen LogP contribution in [0.25, 0.3) is 0 Å². The Morgan fingerprint density at radius 1 is 1.06 bits per heavy atom. The molecule has 0 aliphatic carbocycles. The number of anilines is 1. The van der Waals surface area contributed by atoms with Gasteiger partial charge in [0.2, 0.25) is 5.96 Å². The first-order chi connectivity index (χ1) is 7.50. The van der Waals surface area contributed by atoms with Crippen molar-refractivity contribution in [3.63, 3.8) is 0 Å². The molecule has 0 spiro atoms. The molecule has 86 valence electrons. The van der Waals surface area contributed by atoms with E-state index in [1.54, 1.807) is 0 Å². The minimum Gasteiger partial charge on any atom is -0.378 e. The van der Waals surface area contributed by atoms with Crippen LogP contribution in [0.1, 0.15) is 12.5 Å². The Morgan fingerprint density at radius 3 is 2.06 bits per heavy atom. The molecular formula is C11H17N5. The monoisotopic (exact) mass is 219 g/mol. The van der Waals surface area contributed by atoms with Crippen molar-refractivity contribution < 1.29 is 0 Å². The first-order valence-corrected chi connectivity index (χ1v) is 4.91. The number of nitrogens with zero attached hydrogens (tertiary/aromatic N) is 3. The second-order valence-electron chi connectivity index (χ2n) is 3.65. The zero-order chi connectivity index (χ0) is 12.1. The van der Waals surface area contributed by atoms with E-state index in [2.05, 4.69) is 10.2 Å². The molecule has 4 N–H and O–H groups in total. The molecule has 5 heteroatoms. The molecule has 5 nitrogen and oxygen atoms in total. The number of guanidine groups is 1. The fourth-order valence-corrected chi connectivity index (χ4v) is 1.19. The summed E-state index contributed by atoms with van der Waals surface area (Å²) < 4.78 is 0. The third kappa shape index (κ3) is 3.27. The quantitative estimate of drug-likeness (QED) is 0.447. The number of benzene rings is 1. The van der Waals surface area contributed by atoms with Crippen molar-refractivity contribution in [2.45, 2.75) is 6.92 Å². The van der Waals surface area contributed by atoms with Crippen LogP contribution in [-0.2, 0) is 0 Å². The number of hydrogen-bond acceptors (Lipinski definition) is 3. The van der Waals surface area contributed by atoms with Gasteiger partial charge in [-0.1, -0.05) is 12.1 Å². The SMILES string of the molecule is C/C(=N\N=C(N)N)c1ccc(N(C)C)cc1. The lowest BCUT2D eigenvalue weighted by molar-refractivity contribution is 1.13. The summed E-state index contributed by atoms with van der Waals surface area (Å²) in [5.74, 6) is -0.0377. The van der Waals surface area contributed by atoms with Crippen molar-refractivity contribution in [2.24, 2.45) is 21.7 Å². The molecule has 1 aromatic carbocycles. The average Bonchev–Trinajstić information content (AvgIpc) is 2.26. The highest BCUT2D eigenvalue weighted by molar-refractivity contribution is 5.99. The summed E-state index contributed by atoms with van der Waals surface area (Å²) in [6.07, 6.45) is 0. The predicted molar refractivity (Wildman–Crippen MR) is 68.8 cm³/mol. The lowest BCUT2D eigenvalue weighted by atomic mass is 10.1. The van der Waals surface area contributed by atoms with E-state index in [9.17, 15) is 0 Å². The Morgan fingerprint density at radius 2 is 1.62 bits per heavy atom. The summed E-state index contributed by atoms with van der Waals surface area (Å²) in [6.45, 7) is 1.86. The first kappa shape index (κ1) is 12.0. The van der Waals surface area contributed by atoms with Gasteiger partial charge >= 0.3 is 0 Å². The van der Waals surface area contributed by atoms with Crippen molar-refractivity contribution in [1.82, 2.24) is 0 Å². The van der Waals surface area contributed by atoms with Crippen molar-refractivity contribution in [3.05, 3.63) is 29.8 Å². The fourth-order valence-electron chi connectivity index (χ4n) is 1.19. The molecule has 1 aromatic rings. The van der Waals surface area contributed by atoms with Gasteiger partial charge in [0.1, 0.15) is 0 Å². The zero-order valence-corrected chi connectivity index (χ0v) is 9.81. The zero-order valence-electron chi connectivity index (χ0n) is 9.81. The second kappa shape index (κ2) is 5.16. The van der Waals surface area contributed by atoms with Gasteiger partial charge < -0.3 is 16.4 Å². The summed E-state index contributed by atoms with van der Waals surface area (Å²) in [5.41, 5.74) is 13.3. The second-order valence-corrected chi connectivity index (χ2v) is 3.65. The lowest BCUT2D eigenvalue weighted by Gasteiger charge is -2.12. The normalized spacial score (nSPS) is 11.1. The van der Waals surface area contributed by atoms with Crippen molar-refractivity contribution in [3.8, 4) is 0 Å². The molecule has 0 aliphatic heterocycles. The third-order valence-electron chi connectivity index (χ3n) is 2.12. The first-order valence-electron chi connectivity index (χ1n) is 4.91. The van der Waals surface area contributed by atoms with Gasteiger partial charge in [0.15, 0.2) is 0 Å². The molecular weight excluding hydrogens is 202 g/mol. The van der Waals surface area contributed by atoms with Gasteiger partial charge in [-0.05, 0) is 24.6 Å². The van der Waals surface area contributed by atoms with E-state index in [4.69, 9.17) is 11.5 Å². The molecule has 0 aromatic heterocycles. The fraction of sp³-hybridized carbons (Fsp3) is 0.273. The van der Waals surface area contributed by atoms with Gasteiger partial charge in [0.25, 0.3) is 0 Å². The van der Waals surface area contributed by atoms with Gasteiger partial charge in [0.05, 0.1) is 5.71 Å². The van der Waals surface area contributed by atoms with Gasteiger partial charge in [-0.3, -0.25) is 0 Å². The Labute approximate surface area is 95.5 Å². The number of rotatable bonds is 3. The summed E-state index contributed by atoms with van der Waals surface area (Å²) in [7, 11) is 3.99. The van der Waals surface area contributed by atoms with Crippen molar-refractivity contribution >= 4 is 17.4 Å². The Hall–Kier alpha value is -2.04. The smallest absolute Gasteiger partial charge is 0.211 e. The summed E-state index contributed by atoms with van der Waals surface area (Å²) in [5, 5.41) is 7.52. The maximum atomic E-state index is 5.20. The Bertz CT molecular complexity index is 399. The molecule has 16 heavy (non-hydrogen) atoms. The summed E-state index contributed by atoms with van der Waals surface area (Å²) in [6, 6.07) is 8.00. The van der Waals surface area contributed by atoms with E-state index in [0.29, 0.717) is 0 Å². The highest BCUT2D eigenvalue weighted by Gasteiger charge is 1.98. The molecule has 0 unspecified atom stereocenters. The molecule has 0 heterocycles. The van der Waals surface area contributed by atoms with Crippen LogP contribution in [0.5, 0.6) is 0 Å². The van der Waals surface area contributed by atoms with E-state index < -0.39 is 0 Å². The molecule has 0 saturated carbocycles. The van der Waals surface area contributed by atoms with Crippen molar-refractivity contribution in [1.29, 1.82) is 0 Å². The predicted octanol–water partition coefficient (Wildman–Crippen LogP) is 0.750. The molecule has 0 saturated heterocycles. The van der Waals surface area contributed by atoms with E-state index in [-0.39, 0.29) is 5.96 Å². The summed E-state index contributed by atoms with van der Waals surface area (Å²) in [4.78, 5) is 2.03. The minimum atomic E-state index is -0.0377. The maximum Gasteiger partial charge on any atom is 0.211 e. The highest BCUT2D eigenvalue weighted by Crippen LogP contribution is 2.12. The third-order valence-corrected chi connectivity index (χ3v) is 2.12. The maximum absolute atomic E-state index is 5.20. The number of hydrogen-bond donors (Lipinski definition) is 2. The lowest BCUT2D eigenvalue weighted by Crippen LogP contribution is -2.22. The topological polar surface area (TPSA) is 80.0 Å². The standard InChI is InChI=1S/C11H17N5/c1-8(14-15-11(12)13)9-4-6-10(7-5-9)16(2)3/h4-7H,1-3H3,(H4,12,13,15)/b14-8+. The van der Waals surface area contributed by atoms with Crippen LogP contribution in [-0.4, -0.2) is 25.8 Å². The summed E-state index contributed by atoms with van der Waals surface area (Å²) >= 11 is 0. The van der Waals surface area contributed by atoms with Crippen LogP contribution in [0.2, 0.25) is 0 Å². The van der Waals surface area contributed by atoms with Gasteiger partial charge in [0, 0.05) is 19.8 Å². The van der Waals surface area contributed by atoms with Crippen LogP contribution in [0, 0.1) is 0 Å². The van der Waals surface area contributed by atoms with Crippen LogP contribution in [0.3, 0.4) is 0 Å². The number of nitrogens with two attached hydrogens (primary N) is 2. The molecule has 0 atom stereocenters. The van der Waals surface area contributed by atoms with Gasteiger partial charge in [-0.15, -0.1) is 5.10 Å². The average molecular weight is 219 g/mol. The molecule has 0 bridgehead atoms. The molecule has 0 fully saturated rings.